The lowest BCUT2D eigenvalue weighted by atomic mass is 10.1. The van der Waals surface area contributed by atoms with Gasteiger partial charge in [0.2, 0.25) is 0 Å². The van der Waals surface area contributed by atoms with Gasteiger partial charge in [0.25, 0.3) is 0 Å². The van der Waals surface area contributed by atoms with Gasteiger partial charge in [0.15, 0.2) is 0 Å². The molecule has 1 aromatic carbocycles. The summed E-state index contributed by atoms with van der Waals surface area (Å²) in [5.41, 5.74) is 1.26. The molecule has 3 saturated heterocycles. The molecule has 5 heteroatoms. The summed E-state index contributed by atoms with van der Waals surface area (Å²) in [7, 11) is 0. The Morgan fingerprint density at radius 1 is 1.04 bits per heavy atom. The molecule has 4 nitrogen and oxygen atoms in total. The lowest BCUT2D eigenvalue weighted by Crippen LogP contribution is -2.47. The molecular weight excluding hydrogens is 320 g/mol. The maximum Gasteiger partial charge on any atom is 0.0426 e. The molecule has 0 amide bonds. The number of benzene rings is 1. The SMILES string of the molecule is Clc1cccc(N2CCN(CCCN3CCC4CNCC43)CC2)c1. The highest BCUT2D eigenvalue weighted by Gasteiger charge is 2.36. The maximum absolute atomic E-state index is 6.12. The first-order chi connectivity index (χ1) is 11.8. The van der Waals surface area contributed by atoms with Gasteiger partial charge in [-0.1, -0.05) is 17.7 Å². The average molecular weight is 349 g/mol. The summed E-state index contributed by atoms with van der Waals surface area (Å²) in [6.45, 7) is 10.8. The van der Waals surface area contributed by atoms with Crippen molar-refractivity contribution in [3.05, 3.63) is 29.3 Å². The van der Waals surface area contributed by atoms with Crippen molar-refractivity contribution < 1.29 is 0 Å². The summed E-state index contributed by atoms with van der Waals surface area (Å²) >= 11 is 6.12. The summed E-state index contributed by atoms with van der Waals surface area (Å²) in [5, 5.41) is 4.38. The van der Waals surface area contributed by atoms with Crippen LogP contribution in [-0.4, -0.2) is 74.7 Å². The number of fused-ring (bicyclic) bond motifs is 1. The summed E-state index contributed by atoms with van der Waals surface area (Å²) in [6, 6.07) is 9.07. The van der Waals surface area contributed by atoms with Crippen LogP contribution in [-0.2, 0) is 0 Å². The van der Waals surface area contributed by atoms with Crippen molar-refractivity contribution in [2.45, 2.75) is 18.9 Å². The number of halogens is 1. The summed E-state index contributed by atoms with van der Waals surface area (Å²) in [6.07, 6.45) is 2.70. The zero-order chi connectivity index (χ0) is 16.4. The van der Waals surface area contributed by atoms with Crippen LogP contribution in [0.2, 0.25) is 5.02 Å². The van der Waals surface area contributed by atoms with E-state index in [1.807, 2.05) is 12.1 Å². The van der Waals surface area contributed by atoms with E-state index in [9.17, 15) is 0 Å². The second-order valence-electron chi connectivity index (χ2n) is 7.47. The summed E-state index contributed by atoms with van der Waals surface area (Å²) < 4.78 is 0. The highest BCUT2D eigenvalue weighted by atomic mass is 35.5. The minimum Gasteiger partial charge on any atom is -0.369 e. The van der Waals surface area contributed by atoms with Gasteiger partial charge in [-0.25, -0.2) is 0 Å². The van der Waals surface area contributed by atoms with Crippen molar-refractivity contribution in [2.24, 2.45) is 5.92 Å². The molecule has 4 rings (SSSR count). The number of hydrogen-bond acceptors (Lipinski definition) is 4. The van der Waals surface area contributed by atoms with E-state index in [0.29, 0.717) is 0 Å². The number of nitrogens with one attached hydrogen (secondary N) is 1. The molecule has 2 atom stereocenters. The van der Waals surface area contributed by atoms with Gasteiger partial charge in [-0.05, 0) is 63.1 Å². The minimum absolute atomic E-state index is 0.824. The Labute approximate surface area is 150 Å². The molecule has 0 aromatic heterocycles. The predicted octanol–water partition coefficient (Wildman–Crippen LogP) is 2.15. The molecule has 3 aliphatic heterocycles. The lowest BCUT2D eigenvalue weighted by Gasteiger charge is -2.36. The Kier molecular flexibility index (Phi) is 5.28. The predicted molar refractivity (Wildman–Crippen MR) is 101 cm³/mol. The Morgan fingerprint density at radius 2 is 1.92 bits per heavy atom. The fraction of sp³-hybridized carbons (Fsp3) is 0.684. The largest absolute Gasteiger partial charge is 0.369 e. The highest BCUT2D eigenvalue weighted by Crippen LogP contribution is 2.27. The molecule has 3 aliphatic rings. The molecule has 1 aromatic rings. The standard InChI is InChI=1S/C19H29ClN4/c20-17-3-1-4-18(13-17)23-11-9-22(10-12-23)6-2-7-24-8-5-16-14-21-15-19(16)24/h1,3-4,13,16,19,21H,2,5-12,14-15H2. The fourth-order valence-corrected chi connectivity index (χ4v) is 4.80. The lowest BCUT2D eigenvalue weighted by molar-refractivity contribution is 0.209. The average Bonchev–Trinajstić information content (AvgIpc) is 3.20. The Balaban J connectivity index is 1.18. The van der Waals surface area contributed by atoms with Crippen molar-refractivity contribution in [1.29, 1.82) is 0 Å². The number of piperazine rings is 1. The number of likely N-dealkylation sites (tertiary alicyclic amines) is 1. The van der Waals surface area contributed by atoms with Crippen LogP contribution in [0.4, 0.5) is 5.69 Å². The maximum atomic E-state index is 6.12. The topological polar surface area (TPSA) is 21.8 Å². The van der Waals surface area contributed by atoms with E-state index in [4.69, 9.17) is 11.6 Å². The van der Waals surface area contributed by atoms with E-state index in [1.165, 1.54) is 64.3 Å². The van der Waals surface area contributed by atoms with Gasteiger partial charge in [-0.15, -0.1) is 0 Å². The van der Waals surface area contributed by atoms with Crippen LogP contribution in [0.15, 0.2) is 24.3 Å². The third kappa shape index (κ3) is 3.72. The molecule has 2 unspecified atom stereocenters. The van der Waals surface area contributed by atoms with Crippen molar-refractivity contribution >= 4 is 17.3 Å². The van der Waals surface area contributed by atoms with Crippen molar-refractivity contribution in [3.8, 4) is 0 Å². The number of anilines is 1. The molecule has 0 spiro atoms. The second-order valence-corrected chi connectivity index (χ2v) is 7.91. The van der Waals surface area contributed by atoms with Crippen LogP contribution in [0.3, 0.4) is 0 Å². The molecule has 24 heavy (non-hydrogen) atoms. The first kappa shape index (κ1) is 16.6. The van der Waals surface area contributed by atoms with E-state index >= 15 is 0 Å². The first-order valence-corrected chi connectivity index (χ1v) is 9.85. The zero-order valence-electron chi connectivity index (χ0n) is 14.5. The Morgan fingerprint density at radius 3 is 2.75 bits per heavy atom. The van der Waals surface area contributed by atoms with E-state index in [1.54, 1.807) is 0 Å². The third-order valence-electron chi connectivity index (χ3n) is 6.03. The van der Waals surface area contributed by atoms with Gasteiger partial charge in [0, 0.05) is 49.5 Å². The quantitative estimate of drug-likeness (QED) is 0.880. The highest BCUT2D eigenvalue weighted by molar-refractivity contribution is 6.30. The van der Waals surface area contributed by atoms with E-state index < -0.39 is 0 Å². The van der Waals surface area contributed by atoms with Crippen LogP contribution < -0.4 is 10.2 Å². The summed E-state index contributed by atoms with van der Waals surface area (Å²) in [5.74, 6) is 0.922. The monoisotopic (exact) mass is 348 g/mol. The Hall–Kier alpha value is -0.810. The molecule has 1 N–H and O–H groups in total. The van der Waals surface area contributed by atoms with E-state index in [-0.39, 0.29) is 0 Å². The number of rotatable bonds is 5. The molecule has 3 fully saturated rings. The van der Waals surface area contributed by atoms with Crippen molar-refractivity contribution in [1.82, 2.24) is 15.1 Å². The van der Waals surface area contributed by atoms with Gasteiger partial charge in [0.1, 0.15) is 0 Å². The van der Waals surface area contributed by atoms with Crippen LogP contribution in [0, 0.1) is 5.92 Å². The van der Waals surface area contributed by atoms with Crippen LogP contribution in [0.1, 0.15) is 12.8 Å². The molecule has 132 valence electrons. The fourth-order valence-electron chi connectivity index (χ4n) is 4.62. The van der Waals surface area contributed by atoms with Gasteiger partial charge < -0.3 is 10.2 Å². The van der Waals surface area contributed by atoms with Crippen molar-refractivity contribution in [2.75, 3.05) is 63.8 Å². The second kappa shape index (κ2) is 7.61. The molecule has 0 aliphatic carbocycles. The molecule has 0 bridgehead atoms. The zero-order valence-corrected chi connectivity index (χ0v) is 15.2. The minimum atomic E-state index is 0.824. The van der Waals surface area contributed by atoms with E-state index in [2.05, 4.69) is 32.1 Å². The third-order valence-corrected chi connectivity index (χ3v) is 6.26. The van der Waals surface area contributed by atoms with Crippen LogP contribution >= 0.6 is 11.6 Å². The molecule has 0 radical (unpaired) electrons. The molecular formula is C19H29ClN4. The van der Waals surface area contributed by atoms with Crippen LogP contribution in [0.5, 0.6) is 0 Å². The number of hydrogen-bond donors (Lipinski definition) is 1. The van der Waals surface area contributed by atoms with E-state index in [0.717, 1.165) is 30.1 Å². The van der Waals surface area contributed by atoms with Crippen molar-refractivity contribution in [3.63, 3.8) is 0 Å². The van der Waals surface area contributed by atoms with Gasteiger partial charge >= 0.3 is 0 Å². The normalized spacial score (nSPS) is 28.5. The molecule has 3 heterocycles. The molecule has 0 saturated carbocycles. The van der Waals surface area contributed by atoms with Gasteiger partial charge in [0.05, 0.1) is 0 Å². The first-order valence-electron chi connectivity index (χ1n) is 9.47. The van der Waals surface area contributed by atoms with Crippen LogP contribution in [0.25, 0.3) is 0 Å². The number of nitrogens with zero attached hydrogens (tertiary/aromatic N) is 3. The summed E-state index contributed by atoms with van der Waals surface area (Å²) in [4.78, 5) is 7.81. The Bertz CT molecular complexity index is 544. The van der Waals surface area contributed by atoms with Gasteiger partial charge in [-0.3, -0.25) is 9.80 Å². The smallest absolute Gasteiger partial charge is 0.0426 e. The van der Waals surface area contributed by atoms with Gasteiger partial charge in [-0.2, -0.15) is 0 Å².